The molecule has 0 fully saturated rings. The summed E-state index contributed by atoms with van der Waals surface area (Å²) < 4.78 is 0. The van der Waals surface area contributed by atoms with Gasteiger partial charge in [-0.3, -0.25) is 12.2 Å². The molecule has 0 heterocycles. The van der Waals surface area contributed by atoms with Crippen molar-refractivity contribution in [2.24, 2.45) is 5.41 Å². The standard InChI is InChI=1S/C10H15.C8H11O.2ClH.Zr/c1-7-6-10(4,5)9(3)8(7)2;9-7-3-6-8-4-1-2-5-8;;;/h1-5H3;1,4,9H,2-3,6-7H2;2*1H;/q2*-1;;;+4/p-2. The molecule has 0 bridgehead atoms. The van der Waals surface area contributed by atoms with E-state index in [1.165, 1.54) is 22.3 Å². The first-order chi connectivity index (χ1) is 8.88. The Bertz CT molecular complexity index is 446. The van der Waals surface area contributed by atoms with Gasteiger partial charge in [0.05, 0.1) is 0 Å². The molecular formula is C18H26Cl2OZr. The zero-order valence-electron chi connectivity index (χ0n) is 14.2. The molecule has 1 N–H and O–H groups in total. The fourth-order valence-corrected chi connectivity index (χ4v) is 2.30. The number of hydrogen-bond donors (Lipinski definition) is 1. The van der Waals surface area contributed by atoms with Crippen LogP contribution in [0.1, 0.15) is 53.9 Å². The average molecular weight is 421 g/mol. The maximum atomic E-state index is 8.46. The minimum atomic E-state index is 0. The molecule has 2 aliphatic carbocycles. The molecule has 122 valence electrons. The number of hydrogen-bond acceptors (Lipinski definition) is 1. The Labute approximate surface area is 168 Å². The first-order valence-electron chi connectivity index (χ1n) is 7.05. The summed E-state index contributed by atoms with van der Waals surface area (Å²) in [6.45, 7) is 11.2. The number of allylic oxidation sites excluding steroid dienone is 8. The third kappa shape index (κ3) is 8.30. The largest absolute Gasteiger partial charge is 4.00 e. The van der Waals surface area contributed by atoms with Crippen molar-refractivity contribution in [1.82, 2.24) is 0 Å². The van der Waals surface area contributed by atoms with E-state index < -0.39 is 0 Å². The van der Waals surface area contributed by atoms with Gasteiger partial charge in [-0.25, -0.2) is 17.2 Å². The molecule has 0 saturated heterocycles. The van der Waals surface area contributed by atoms with Crippen LogP contribution >= 0.6 is 0 Å². The van der Waals surface area contributed by atoms with Crippen LogP contribution in [0.25, 0.3) is 0 Å². The molecule has 0 atom stereocenters. The third-order valence-electron chi connectivity index (χ3n) is 3.93. The number of halogens is 2. The zero-order chi connectivity index (χ0) is 14.5. The minimum absolute atomic E-state index is 0. The Morgan fingerprint density at radius 3 is 2.05 bits per heavy atom. The van der Waals surface area contributed by atoms with Crippen LogP contribution in [0.4, 0.5) is 0 Å². The smallest absolute Gasteiger partial charge is 1.00 e. The Morgan fingerprint density at radius 1 is 1.18 bits per heavy atom. The predicted octanol–water partition coefficient (Wildman–Crippen LogP) is -1.43. The van der Waals surface area contributed by atoms with Crippen LogP contribution in [0.15, 0.2) is 34.4 Å². The van der Waals surface area contributed by atoms with Gasteiger partial charge < -0.3 is 29.9 Å². The molecule has 1 nitrogen and oxygen atoms in total. The number of rotatable bonds is 3. The summed E-state index contributed by atoms with van der Waals surface area (Å²) in [6.07, 6.45) is 13.6. The second-order valence-corrected chi connectivity index (χ2v) is 5.76. The summed E-state index contributed by atoms with van der Waals surface area (Å²) in [5.74, 6) is 0. The second kappa shape index (κ2) is 12.8. The van der Waals surface area contributed by atoms with Crippen molar-refractivity contribution in [3.63, 3.8) is 0 Å². The predicted molar refractivity (Wildman–Crippen MR) is 81.4 cm³/mol. The van der Waals surface area contributed by atoms with Gasteiger partial charge in [0.2, 0.25) is 0 Å². The van der Waals surface area contributed by atoms with Crippen molar-refractivity contribution >= 4 is 0 Å². The van der Waals surface area contributed by atoms with E-state index in [0.717, 1.165) is 19.3 Å². The van der Waals surface area contributed by atoms with Crippen LogP contribution in [0.5, 0.6) is 0 Å². The van der Waals surface area contributed by atoms with Crippen LogP contribution in [0.3, 0.4) is 0 Å². The molecule has 0 aromatic carbocycles. The Hall–Kier alpha value is 0.383. The van der Waals surface area contributed by atoms with Gasteiger partial charge in [-0.05, 0) is 6.42 Å². The van der Waals surface area contributed by atoms with Crippen LogP contribution in [-0.4, -0.2) is 11.7 Å². The molecule has 0 aliphatic heterocycles. The van der Waals surface area contributed by atoms with Crippen molar-refractivity contribution in [2.45, 2.75) is 53.9 Å². The quantitative estimate of drug-likeness (QED) is 0.555. The Morgan fingerprint density at radius 2 is 1.77 bits per heavy atom. The van der Waals surface area contributed by atoms with Crippen LogP contribution in [0.2, 0.25) is 0 Å². The Balaban J connectivity index is -0.000000290. The van der Waals surface area contributed by atoms with E-state index in [1.807, 2.05) is 0 Å². The molecule has 4 heteroatoms. The molecule has 2 rings (SSSR count). The van der Waals surface area contributed by atoms with Crippen LogP contribution < -0.4 is 24.8 Å². The van der Waals surface area contributed by atoms with E-state index in [0.29, 0.717) is 6.61 Å². The van der Waals surface area contributed by atoms with Gasteiger partial charge in [0.25, 0.3) is 0 Å². The Kier molecular flexibility index (Phi) is 15.8. The molecule has 0 saturated carbocycles. The number of aliphatic hydroxyl groups is 1. The third-order valence-corrected chi connectivity index (χ3v) is 3.93. The van der Waals surface area contributed by atoms with Crippen molar-refractivity contribution in [3.8, 4) is 0 Å². The van der Waals surface area contributed by atoms with E-state index in [2.05, 4.69) is 58.9 Å². The molecule has 0 unspecified atom stereocenters. The van der Waals surface area contributed by atoms with Gasteiger partial charge in [0.1, 0.15) is 0 Å². The maximum absolute atomic E-state index is 8.46. The molecule has 0 radical (unpaired) electrons. The normalized spacial score (nSPS) is 17.4. The van der Waals surface area contributed by atoms with Gasteiger partial charge in [0, 0.05) is 6.61 Å². The first-order valence-corrected chi connectivity index (χ1v) is 7.05. The monoisotopic (exact) mass is 418 g/mol. The summed E-state index contributed by atoms with van der Waals surface area (Å²) in [4.78, 5) is 0. The molecule has 2 aliphatic rings. The van der Waals surface area contributed by atoms with Crippen molar-refractivity contribution < 1.29 is 56.1 Å². The van der Waals surface area contributed by atoms with Gasteiger partial charge in [-0.1, -0.05) is 39.5 Å². The van der Waals surface area contributed by atoms with Crippen LogP contribution in [-0.2, 0) is 26.2 Å². The average Bonchev–Trinajstić information content (AvgIpc) is 2.92. The minimum Gasteiger partial charge on any atom is -1.00 e. The second-order valence-electron chi connectivity index (χ2n) is 5.76. The van der Waals surface area contributed by atoms with Crippen molar-refractivity contribution in [2.75, 3.05) is 6.61 Å². The SMILES string of the molecule is CC1=[C-]C(C)(C)C(C)=C1C.OCCCC1=[C-]CC=C1.[Cl-].[Cl-].[Zr+4]. The van der Waals surface area contributed by atoms with Gasteiger partial charge >= 0.3 is 26.2 Å². The van der Waals surface area contributed by atoms with Gasteiger partial charge in [0.15, 0.2) is 0 Å². The molecule has 22 heavy (non-hydrogen) atoms. The zero-order valence-corrected chi connectivity index (χ0v) is 18.2. The molecular weight excluding hydrogens is 394 g/mol. The summed E-state index contributed by atoms with van der Waals surface area (Å²) in [6, 6.07) is 0. The van der Waals surface area contributed by atoms with E-state index in [4.69, 9.17) is 5.11 Å². The fraction of sp³-hybridized carbons (Fsp3) is 0.556. The maximum Gasteiger partial charge on any atom is 4.00 e. The summed E-state index contributed by atoms with van der Waals surface area (Å²) >= 11 is 0. The summed E-state index contributed by atoms with van der Waals surface area (Å²) in [5, 5.41) is 8.46. The van der Waals surface area contributed by atoms with Gasteiger partial charge in [-0.2, -0.15) is 17.2 Å². The molecule has 0 amide bonds. The summed E-state index contributed by atoms with van der Waals surface area (Å²) in [7, 11) is 0. The van der Waals surface area contributed by atoms with E-state index in [9.17, 15) is 0 Å². The van der Waals surface area contributed by atoms with E-state index >= 15 is 0 Å². The summed E-state index contributed by atoms with van der Waals surface area (Å²) in [5.41, 5.74) is 5.65. The fourth-order valence-electron chi connectivity index (χ4n) is 2.30. The first kappa shape index (κ1) is 27.2. The van der Waals surface area contributed by atoms with Crippen LogP contribution in [0, 0.1) is 17.6 Å². The molecule has 0 aromatic rings. The van der Waals surface area contributed by atoms with Crippen molar-refractivity contribution in [1.29, 1.82) is 0 Å². The number of aliphatic hydroxyl groups excluding tert-OH is 1. The van der Waals surface area contributed by atoms with Gasteiger partial charge in [-0.15, -0.1) is 13.3 Å². The van der Waals surface area contributed by atoms with E-state index in [1.54, 1.807) is 0 Å². The molecule has 0 aromatic heterocycles. The van der Waals surface area contributed by atoms with E-state index in [-0.39, 0.29) is 56.4 Å². The molecule has 0 spiro atoms. The van der Waals surface area contributed by atoms with Crippen molar-refractivity contribution in [3.05, 3.63) is 46.6 Å². The topological polar surface area (TPSA) is 20.2 Å².